The number of nitrogens with zero attached hydrogens (tertiary/aromatic N) is 2. The summed E-state index contributed by atoms with van der Waals surface area (Å²) in [4.78, 5) is 15.1. The molecule has 2 unspecified atom stereocenters. The maximum atomic E-state index is 10.8. The lowest BCUT2D eigenvalue weighted by Gasteiger charge is -2.27. The van der Waals surface area contributed by atoms with E-state index in [4.69, 9.17) is 9.47 Å². The Kier molecular flexibility index (Phi) is 8.25. The molecule has 1 aliphatic heterocycles. The van der Waals surface area contributed by atoms with E-state index in [0.29, 0.717) is 17.9 Å². The summed E-state index contributed by atoms with van der Waals surface area (Å²) >= 11 is 0. The zero-order valence-electron chi connectivity index (χ0n) is 17.9. The third kappa shape index (κ3) is 6.83. The Balaban J connectivity index is 1.56. The van der Waals surface area contributed by atoms with Crippen LogP contribution in [0.2, 0.25) is 0 Å². The van der Waals surface area contributed by atoms with Gasteiger partial charge in [-0.1, -0.05) is 12.1 Å². The van der Waals surface area contributed by atoms with E-state index in [-0.39, 0.29) is 12.7 Å². The fourth-order valence-corrected chi connectivity index (χ4v) is 3.62. The summed E-state index contributed by atoms with van der Waals surface area (Å²) in [6.45, 7) is 3.06. The summed E-state index contributed by atoms with van der Waals surface area (Å²) in [5.41, 5.74) is 2.97. The van der Waals surface area contributed by atoms with Crippen molar-refractivity contribution in [2.24, 2.45) is 0 Å². The van der Waals surface area contributed by atoms with Crippen molar-refractivity contribution >= 4 is 12.0 Å². The van der Waals surface area contributed by atoms with Crippen molar-refractivity contribution in [1.29, 1.82) is 0 Å². The molecule has 1 saturated heterocycles. The highest BCUT2D eigenvalue weighted by Gasteiger charge is 2.21. The van der Waals surface area contributed by atoms with Gasteiger partial charge in [0.25, 0.3) is 0 Å². The Morgan fingerprint density at radius 2 is 1.90 bits per heavy atom. The summed E-state index contributed by atoms with van der Waals surface area (Å²) in [5, 5.41) is 10.6. The van der Waals surface area contributed by atoms with Crippen LogP contribution in [-0.4, -0.2) is 68.9 Å². The van der Waals surface area contributed by atoms with E-state index in [1.165, 1.54) is 11.3 Å². The highest BCUT2D eigenvalue weighted by molar-refractivity contribution is 5.74. The van der Waals surface area contributed by atoms with Crippen molar-refractivity contribution < 1.29 is 19.4 Å². The molecule has 6 heteroatoms. The van der Waals surface area contributed by atoms with Crippen molar-refractivity contribution in [2.45, 2.75) is 31.6 Å². The number of aliphatic hydroxyl groups is 1. The smallest absolute Gasteiger partial charge is 0.150 e. The Labute approximate surface area is 179 Å². The van der Waals surface area contributed by atoms with Gasteiger partial charge in [0, 0.05) is 51.6 Å². The lowest BCUT2D eigenvalue weighted by Crippen LogP contribution is -2.39. The van der Waals surface area contributed by atoms with E-state index in [0.717, 1.165) is 38.8 Å². The fourth-order valence-electron chi connectivity index (χ4n) is 3.62. The molecule has 0 aliphatic carbocycles. The summed E-state index contributed by atoms with van der Waals surface area (Å²) in [6.07, 6.45) is 2.55. The van der Waals surface area contributed by atoms with Crippen LogP contribution in [0.5, 0.6) is 5.75 Å². The number of carbonyl (C=O) groups excluding carboxylic acids is 1. The minimum absolute atomic E-state index is 0.196. The maximum absolute atomic E-state index is 10.8. The van der Waals surface area contributed by atoms with Crippen LogP contribution in [0.25, 0.3) is 0 Å². The molecule has 1 fully saturated rings. The van der Waals surface area contributed by atoms with E-state index in [1.807, 2.05) is 14.1 Å². The van der Waals surface area contributed by atoms with Crippen LogP contribution in [0.1, 0.15) is 28.8 Å². The predicted octanol–water partition coefficient (Wildman–Crippen LogP) is 2.99. The van der Waals surface area contributed by atoms with Gasteiger partial charge in [0.1, 0.15) is 24.7 Å². The number of ether oxygens (including phenoxy) is 2. The van der Waals surface area contributed by atoms with Gasteiger partial charge in [-0.05, 0) is 54.8 Å². The average molecular weight is 413 g/mol. The second-order valence-electron chi connectivity index (χ2n) is 8.04. The summed E-state index contributed by atoms with van der Waals surface area (Å²) < 4.78 is 11.5. The molecule has 0 spiro atoms. The third-order valence-electron chi connectivity index (χ3n) is 5.27. The van der Waals surface area contributed by atoms with Crippen LogP contribution >= 0.6 is 0 Å². The number of aliphatic hydroxyl groups excluding tert-OH is 1. The van der Waals surface area contributed by atoms with Gasteiger partial charge in [0.15, 0.2) is 0 Å². The molecule has 1 heterocycles. The molecule has 2 aromatic carbocycles. The molecule has 0 amide bonds. The number of hydrogen-bond donors (Lipinski definition) is 1. The molecule has 3 rings (SSSR count). The van der Waals surface area contributed by atoms with E-state index in [1.54, 1.807) is 24.3 Å². The van der Waals surface area contributed by atoms with Crippen molar-refractivity contribution in [2.75, 3.05) is 45.3 Å². The van der Waals surface area contributed by atoms with Crippen molar-refractivity contribution in [3.05, 3.63) is 59.7 Å². The minimum atomic E-state index is -0.627. The van der Waals surface area contributed by atoms with E-state index in [2.05, 4.69) is 34.1 Å². The molecule has 30 heavy (non-hydrogen) atoms. The molecule has 1 aliphatic rings. The first-order valence-electron chi connectivity index (χ1n) is 10.5. The zero-order valence-corrected chi connectivity index (χ0v) is 17.9. The molecule has 0 bridgehead atoms. The first-order chi connectivity index (χ1) is 14.5. The number of aldehydes is 1. The van der Waals surface area contributed by atoms with Gasteiger partial charge in [-0.2, -0.15) is 0 Å². The molecular weight excluding hydrogens is 380 g/mol. The van der Waals surface area contributed by atoms with Crippen LogP contribution < -0.4 is 9.64 Å². The molecular formula is C24H32N2O4. The molecule has 0 radical (unpaired) electrons. The Bertz CT molecular complexity index is 771. The van der Waals surface area contributed by atoms with Gasteiger partial charge < -0.3 is 19.5 Å². The summed E-state index contributed by atoms with van der Waals surface area (Å²) in [5.74, 6) is 0.643. The Morgan fingerprint density at radius 3 is 2.50 bits per heavy atom. The van der Waals surface area contributed by atoms with Gasteiger partial charge in [-0.3, -0.25) is 9.69 Å². The Hall–Kier alpha value is -2.41. The molecule has 162 valence electrons. The number of rotatable bonds is 11. The van der Waals surface area contributed by atoms with Crippen LogP contribution in [0.4, 0.5) is 5.69 Å². The third-order valence-corrected chi connectivity index (χ3v) is 5.27. The van der Waals surface area contributed by atoms with Gasteiger partial charge in [0.05, 0.1) is 6.10 Å². The van der Waals surface area contributed by atoms with Gasteiger partial charge >= 0.3 is 0 Å². The second kappa shape index (κ2) is 11.1. The van der Waals surface area contributed by atoms with Crippen molar-refractivity contribution in [3.8, 4) is 5.75 Å². The quantitative estimate of drug-likeness (QED) is 0.573. The molecule has 0 saturated carbocycles. The monoisotopic (exact) mass is 412 g/mol. The molecule has 1 N–H and O–H groups in total. The molecule has 0 aromatic heterocycles. The number of benzene rings is 2. The topological polar surface area (TPSA) is 62.2 Å². The van der Waals surface area contributed by atoms with Crippen molar-refractivity contribution in [1.82, 2.24) is 4.90 Å². The SMILES string of the molecule is CN(C)c1ccc(CN(CC(O)COc2ccc(C=O)cc2)CC2CCCO2)cc1. The molecule has 6 nitrogen and oxygen atoms in total. The highest BCUT2D eigenvalue weighted by atomic mass is 16.5. The van der Waals surface area contributed by atoms with E-state index in [9.17, 15) is 9.90 Å². The van der Waals surface area contributed by atoms with Crippen LogP contribution in [-0.2, 0) is 11.3 Å². The normalized spacial score (nSPS) is 17.1. The number of carbonyl (C=O) groups is 1. The predicted molar refractivity (Wildman–Crippen MR) is 118 cm³/mol. The maximum Gasteiger partial charge on any atom is 0.150 e. The zero-order chi connectivity index (χ0) is 21.3. The first kappa shape index (κ1) is 22.3. The average Bonchev–Trinajstić information content (AvgIpc) is 3.26. The fraction of sp³-hybridized carbons (Fsp3) is 0.458. The van der Waals surface area contributed by atoms with Gasteiger partial charge in [-0.25, -0.2) is 0 Å². The van der Waals surface area contributed by atoms with Gasteiger partial charge in [-0.15, -0.1) is 0 Å². The van der Waals surface area contributed by atoms with Gasteiger partial charge in [0.2, 0.25) is 0 Å². The number of hydrogen-bond acceptors (Lipinski definition) is 6. The molecule has 2 atom stereocenters. The summed E-state index contributed by atoms with van der Waals surface area (Å²) in [6, 6.07) is 15.4. The molecule has 2 aromatic rings. The number of anilines is 1. The Morgan fingerprint density at radius 1 is 1.17 bits per heavy atom. The minimum Gasteiger partial charge on any atom is -0.491 e. The van der Waals surface area contributed by atoms with E-state index < -0.39 is 6.10 Å². The van der Waals surface area contributed by atoms with E-state index >= 15 is 0 Å². The lowest BCUT2D eigenvalue weighted by molar-refractivity contribution is 0.0313. The lowest BCUT2D eigenvalue weighted by atomic mass is 10.1. The largest absolute Gasteiger partial charge is 0.491 e. The highest BCUT2D eigenvalue weighted by Crippen LogP contribution is 2.18. The summed E-state index contributed by atoms with van der Waals surface area (Å²) in [7, 11) is 4.06. The van der Waals surface area contributed by atoms with Crippen LogP contribution in [0.15, 0.2) is 48.5 Å². The standard InChI is InChI=1S/C24H32N2O4/c1-25(2)21-9-5-19(6-10-21)14-26(16-24-4-3-13-29-24)15-22(28)18-30-23-11-7-20(17-27)8-12-23/h5-12,17,22,24,28H,3-4,13-16,18H2,1-2H3. The first-order valence-corrected chi connectivity index (χ1v) is 10.5. The van der Waals surface area contributed by atoms with Crippen LogP contribution in [0.3, 0.4) is 0 Å². The van der Waals surface area contributed by atoms with Crippen LogP contribution in [0, 0.1) is 0 Å². The second-order valence-corrected chi connectivity index (χ2v) is 8.04. The van der Waals surface area contributed by atoms with Crippen molar-refractivity contribution in [3.63, 3.8) is 0 Å².